The third-order valence-corrected chi connectivity index (χ3v) is 3.31. The maximum atomic E-state index is 12.0. The first-order chi connectivity index (χ1) is 9.29. The van der Waals surface area contributed by atoms with Crippen LogP contribution in [0.5, 0.6) is 0 Å². The number of thiol groups is 1. The summed E-state index contributed by atoms with van der Waals surface area (Å²) < 4.78 is 10.9. The van der Waals surface area contributed by atoms with Crippen molar-refractivity contribution < 1.29 is 14.3 Å². The summed E-state index contributed by atoms with van der Waals surface area (Å²) in [7, 11) is 0. The maximum Gasteiger partial charge on any atom is 0.410 e. The van der Waals surface area contributed by atoms with Crippen molar-refractivity contribution in [1.82, 2.24) is 4.90 Å². The Morgan fingerprint density at radius 3 is 2.95 bits per heavy atom. The largest absolute Gasteiger partial charge is 0.445 e. The van der Waals surface area contributed by atoms with E-state index in [1.165, 1.54) is 0 Å². The Bertz CT molecular complexity index is 397. The smallest absolute Gasteiger partial charge is 0.410 e. The molecular weight excluding hydrogens is 262 g/mol. The molecule has 0 bridgehead atoms. The lowest BCUT2D eigenvalue weighted by Gasteiger charge is -2.32. The van der Waals surface area contributed by atoms with Gasteiger partial charge in [-0.1, -0.05) is 30.3 Å². The summed E-state index contributed by atoms with van der Waals surface area (Å²) in [6, 6.07) is 9.68. The molecule has 1 fully saturated rings. The number of rotatable bonds is 4. The van der Waals surface area contributed by atoms with Gasteiger partial charge in [-0.2, -0.15) is 12.6 Å². The van der Waals surface area contributed by atoms with Gasteiger partial charge >= 0.3 is 6.09 Å². The highest BCUT2D eigenvalue weighted by molar-refractivity contribution is 7.80. The number of hydrogen-bond donors (Lipinski definition) is 1. The minimum Gasteiger partial charge on any atom is -0.445 e. The summed E-state index contributed by atoms with van der Waals surface area (Å²) >= 11 is 4.19. The number of benzene rings is 1. The third-order valence-electron chi connectivity index (χ3n) is 3.05. The molecule has 1 saturated heterocycles. The van der Waals surface area contributed by atoms with Crippen LogP contribution in [-0.4, -0.2) is 42.5 Å². The summed E-state index contributed by atoms with van der Waals surface area (Å²) in [6.07, 6.45) is 0.665. The van der Waals surface area contributed by atoms with Crippen LogP contribution in [0.3, 0.4) is 0 Å². The van der Waals surface area contributed by atoms with Crippen molar-refractivity contribution >= 4 is 18.7 Å². The van der Waals surface area contributed by atoms with Gasteiger partial charge in [-0.15, -0.1) is 0 Å². The lowest BCUT2D eigenvalue weighted by Crippen LogP contribution is -2.45. The molecule has 1 aromatic rings. The monoisotopic (exact) mass is 281 g/mol. The van der Waals surface area contributed by atoms with Crippen LogP contribution in [-0.2, 0) is 16.1 Å². The summed E-state index contributed by atoms with van der Waals surface area (Å²) in [5, 5.41) is 0. The molecule has 1 aliphatic heterocycles. The Hall–Kier alpha value is -1.20. The van der Waals surface area contributed by atoms with Crippen molar-refractivity contribution in [2.75, 3.05) is 25.4 Å². The Balaban J connectivity index is 1.79. The van der Waals surface area contributed by atoms with E-state index in [4.69, 9.17) is 9.47 Å². The fraction of sp³-hybridized carbons (Fsp3) is 0.500. The molecule has 1 aromatic carbocycles. The van der Waals surface area contributed by atoms with Crippen LogP contribution in [0, 0.1) is 0 Å². The minimum absolute atomic E-state index is 0.0792. The van der Waals surface area contributed by atoms with E-state index in [1.807, 2.05) is 30.3 Å². The second-order valence-corrected chi connectivity index (χ2v) is 4.94. The molecule has 0 N–H and O–H groups in total. The van der Waals surface area contributed by atoms with Crippen LogP contribution in [0.2, 0.25) is 0 Å². The average Bonchev–Trinajstić information content (AvgIpc) is 2.46. The zero-order valence-electron chi connectivity index (χ0n) is 10.8. The molecule has 2 rings (SSSR count). The molecule has 4 nitrogen and oxygen atoms in total. The highest BCUT2D eigenvalue weighted by Crippen LogP contribution is 2.11. The first-order valence-electron chi connectivity index (χ1n) is 6.47. The van der Waals surface area contributed by atoms with Crippen LogP contribution < -0.4 is 0 Å². The number of carbonyl (C=O) groups excluding carboxylic acids is 1. The lowest BCUT2D eigenvalue weighted by atomic mass is 10.2. The summed E-state index contributed by atoms with van der Waals surface area (Å²) in [5.74, 6) is 0.761. The van der Waals surface area contributed by atoms with E-state index in [0.717, 1.165) is 17.7 Å². The Labute approximate surface area is 119 Å². The fourth-order valence-electron chi connectivity index (χ4n) is 2.01. The molecule has 1 atom stereocenters. The first kappa shape index (κ1) is 14.2. The SMILES string of the molecule is O=C(OCc1ccccc1)N1CCOC(CCS)C1. The molecule has 5 heteroatoms. The second-order valence-electron chi connectivity index (χ2n) is 4.49. The molecule has 19 heavy (non-hydrogen) atoms. The minimum atomic E-state index is -0.267. The summed E-state index contributed by atoms with van der Waals surface area (Å²) in [6.45, 7) is 2.07. The zero-order valence-corrected chi connectivity index (χ0v) is 11.7. The number of nitrogens with zero attached hydrogens (tertiary/aromatic N) is 1. The second kappa shape index (κ2) is 7.40. The van der Waals surface area contributed by atoms with Crippen molar-refractivity contribution in [3.63, 3.8) is 0 Å². The van der Waals surface area contributed by atoms with Crippen molar-refractivity contribution in [2.45, 2.75) is 19.1 Å². The van der Waals surface area contributed by atoms with Crippen molar-refractivity contribution in [3.8, 4) is 0 Å². The summed E-state index contributed by atoms with van der Waals surface area (Å²) in [4.78, 5) is 13.7. The van der Waals surface area contributed by atoms with E-state index < -0.39 is 0 Å². The zero-order chi connectivity index (χ0) is 13.5. The van der Waals surface area contributed by atoms with Crippen LogP contribution in [0.4, 0.5) is 4.79 Å². The predicted octanol–water partition coefficient (Wildman–Crippen LogP) is 2.34. The molecule has 104 valence electrons. The first-order valence-corrected chi connectivity index (χ1v) is 7.11. The van der Waals surface area contributed by atoms with Gasteiger partial charge in [-0.3, -0.25) is 0 Å². The highest BCUT2D eigenvalue weighted by atomic mass is 32.1. The van der Waals surface area contributed by atoms with Gasteiger partial charge in [0.05, 0.1) is 19.3 Å². The maximum absolute atomic E-state index is 12.0. The fourth-order valence-corrected chi connectivity index (χ4v) is 2.30. The molecule has 1 unspecified atom stereocenters. The molecule has 0 aliphatic carbocycles. The predicted molar refractivity (Wildman–Crippen MR) is 76.4 cm³/mol. The van der Waals surface area contributed by atoms with Gasteiger partial charge in [0.25, 0.3) is 0 Å². The van der Waals surface area contributed by atoms with Crippen molar-refractivity contribution in [3.05, 3.63) is 35.9 Å². The van der Waals surface area contributed by atoms with E-state index in [-0.39, 0.29) is 12.2 Å². The van der Waals surface area contributed by atoms with Crippen LogP contribution in [0.1, 0.15) is 12.0 Å². The van der Waals surface area contributed by atoms with E-state index in [0.29, 0.717) is 26.3 Å². The number of morpholine rings is 1. The highest BCUT2D eigenvalue weighted by Gasteiger charge is 2.24. The van der Waals surface area contributed by atoms with Gasteiger partial charge in [0, 0.05) is 6.54 Å². The van der Waals surface area contributed by atoms with Gasteiger partial charge in [0.1, 0.15) is 6.61 Å². The molecule has 0 spiro atoms. The van der Waals surface area contributed by atoms with Crippen LogP contribution in [0.15, 0.2) is 30.3 Å². The third kappa shape index (κ3) is 4.44. The molecule has 1 heterocycles. The molecule has 0 saturated carbocycles. The Kier molecular flexibility index (Phi) is 5.54. The topological polar surface area (TPSA) is 38.8 Å². The Morgan fingerprint density at radius 2 is 2.21 bits per heavy atom. The van der Waals surface area contributed by atoms with E-state index in [2.05, 4.69) is 12.6 Å². The van der Waals surface area contributed by atoms with E-state index >= 15 is 0 Å². The number of amides is 1. The Morgan fingerprint density at radius 1 is 1.42 bits per heavy atom. The van der Waals surface area contributed by atoms with Crippen LogP contribution >= 0.6 is 12.6 Å². The number of carbonyl (C=O) groups is 1. The summed E-state index contributed by atoms with van der Waals surface area (Å²) in [5.41, 5.74) is 0.996. The van der Waals surface area contributed by atoms with Gasteiger partial charge in [0.2, 0.25) is 0 Å². The quantitative estimate of drug-likeness (QED) is 0.861. The van der Waals surface area contributed by atoms with Gasteiger partial charge in [-0.25, -0.2) is 4.79 Å². The molecule has 0 radical (unpaired) electrons. The lowest BCUT2D eigenvalue weighted by molar-refractivity contribution is -0.0287. The van der Waals surface area contributed by atoms with E-state index in [1.54, 1.807) is 4.90 Å². The van der Waals surface area contributed by atoms with Gasteiger partial charge < -0.3 is 14.4 Å². The molecular formula is C14H19NO3S. The molecule has 1 amide bonds. The normalized spacial score (nSPS) is 19.2. The van der Waals surface area contributed by atoms with Crippen LogP contribution in [0.25, 0.3) is 0 Å². The standard InChI is InChI=1S/C14H19NO3S/c16-14(18-11-12-4-2-1-3-5-12)15-7-8-17-13(10-15)6-9-19/h1-5,13,19H,6-11H2. The van der Waals surface area contributed by atoms with Crippen molar-refractivity contribution in [2.24, 2.45) is 0 Å². The number of hydrogen-bond acceptors (Lipinski definition) is 4. The average molecular weight is 281 g/mol. The van der Waals surface area contributed by atoms with Crippen molar-refractivity contribution in [1.29, 1.82) is 0 Å². The molecule has 1 aliphatic rings. The molecule has 0 aromatic heterocycles. The number of ether oxygens (including phenoxy) is 2. The van der Waals surface area contributed by atoms with E-state index in [9.17, 15) is 4.79 Å². The van der Waals surface area contributed by atoms with Gasteiger partial charge in [-0.05, 0) is 17.7 Å². The van der Waals surface area contributed by atoms with Gasteiger partial charge in [0.15, 0.2) is 0 Å².